The zero-order chi connectivity index (χ0) is 14.9. The summed E-state index contributed by atoms with van der Waals surface area (Å²) in [5.41, 5.74) is 2.19. The van der Waals surface area contributed by atoms with Gasteiger partial charge in [0.05, 0.1) is 15.6 Å². The summed E-state index contributed by atoms with van der Waals surface area (Å²) in [5, 5.41) is 0.392. The van der Waals surface area contributed by atoms with Gasteiger partial charge >= 0.3 is 0 Å². The highest BCUT2D eigenvalue weighted by molar-refractivity contribution is 9.10. The first kappa shape index (κ1) is 15.4. The van der Waals surface area contributed by atoms with Crippen LogP contribution in [-0.4, -0.2) is 8.42 Å². The molecule has 3 nitrogen and oxygen atoms in total. The Hall–Kier alpha value is -1.04. The number of hydrogen-bond acceptors (Lipinski definition) is 2. The summed E-state index contributed by atoms with van der Waals surface area (Å²) >= 11 is 9.39. The lowest BCUT2D eigenvalue weighted by molar-refractivity contribution is 0.601. The van der Waals surface area contributed by atoms with Crippen LogP contribution in [0.25, 0.3) is 0 Å². The fourth-order valence-corrected chi connectivity index (χ4v) is 3.69. The maximum atomic E-state index is 12.3. The summed E-state index contributed by atoms with van der Waals surface area (Å²) < 4.78 is 28.0. The van der Waals surface area contributed by atoms with Crippen LogP contribution in [0, 0.1) is 13.8 Å². The molecule has 6 heteroatoms. The predicted molar refractivity (Wildman–Crippen MR) is 85.9 cm³/mol. The average molecular weight is 375 g/mol. The highest BCUT2D eigenvalue weighted by Crippen LogP contribution is 2.29. The molecule has 2 rings (SSSR count). The molecule has 0 saturated carbocycles. The second-order valence-corrected chi connectivity index (χ2v) is 7.50. The summed E-state index contributed by atoms with van der Waals surface area (Å²) in [6, 6.07) is 10.0. The third kappa shape index (κ3) is 3.34. The monoisotopic (exact) mass is 373 g/mol. The van der Waals surface area contributed by atoms with E-state index in [1.54, 1.807) is 18.2 Å². The van der Waals surface area contributed by atoms with Crippen molar-refractivity contribution in [3.8, 4) is 0 Å². The van der Waals surface area contributed by atoms with E-state index in [0.717, 1.165) is 15.6 Å². The van der Waals surface area contributed by atoms with Gasteiger partial charge < -0.3 is 0 Å². The summed E-state index contributed by atoms with van der Waals surface area (Å²) in [6.45, 7) is 3.73. The number of anilines is 1. The normalized spacial score (nSPS) is 11.4. The van der Waals surface area contributed by atoms with E-state index < -0.39 is 10.0 Å². The molecule has 20 heavy (non-hydrogen) atoms. The van der Waals surface area contributed by atoms with Gasteiger partial charge in [-0.2, -0.15) is 0 Å². The minimum atomic E-state index is -3.64. The van der Waals surface area contributed by atoms with Crippen molar-refractivity contribution in [3.05, 3.63) is 57.0 Å². The van der Waals surface area contributed by atoms with Gasteiger partial charge in [0, 0.05) is 4.47 Å². The molecule has 0 aromatic heterocycles. The standard InChI is InChI=1S/C14H13BrClNO2S/c1-9-7-10(2)14(13(16)8-9)17-20(18,19)12-5-3-11(15)4-6-12/h3-8,17H,1-2H3. The van der Waals surface area contributed by atoms with Gasteiger partial charge in [0.2, 0.25) is 0 Å². The number of aryl methyl sites for hydroxylation is 2. The van der Waals surface area contributed by atoms with E-state index in [4.69, 9.17) is 11.6 Å². The zero-order valence-electron chi connectivity index (χ0n) is 10.9. The molecule has 0 aliphatic heterocycles. The van der Waals surface area contributed by atoms with Gasteiger partial charge in [-0.25, -0.2) is 8.42 Å². The van der Waals surface area contributed by atoms with Crippen molar-refractivity contribution in [1.29, 1.82) is 0 Å². The maximum Gasteiger partial charge on any atom is 0.261 e. The quantitative estimate of drug-likeness (QED) is 0.858. The number of benzene rings is 2. The molecule has 0 saturated heterocycles. The van der Waals surface area contributed by atoms with Gasteiger partial charge in [0.1, 0.15) is 0 Å². The van der Waals surface area contributed by atoms with E-state index in [0.29, 0.717) is 10.7 Å². The van der Waals surface area contributed by atoms with Crippen LogP contribution in [0.15, 0.2) is 45.8 Å². The van der Waals surface area contributed by atoms with Crippen LogP contribution < -0.4 is 4.72 Å². The molecule has 0 amide bonds. The third-order valence-corrected chi connectivity index (χ3v) is 4.98. The molecule has 2 aromatic carbocycles. The van der Waals surface area contributed by atoms with E-state index in [9.17, 15) is 8.42 Å². The molecule has 0 atom stereocenters. The first-order valence-corrected chi connectivity index (χ1v) is 8.50. The van der Waals surface area contributed by atoms with E-state index in [1.165, 1.54) is 12.1 Å². The Morgan fingerprint density at radius 1 is 1.10 bits per heavy atom. The molecule has 0 radical (unpaired) electrons. The Morgan fingerprint density at radius 2 is 1.70 bits per heavy atom. The van der Waals surface area contributed by atoms with Crippen molar-refractivity contribution >= 4 is 43.2 Å². The summed E-state index contributed by atoms with van der Waals surface area (Å²) in [7, 11) is -3.64. The van der Waals surface area contributed by atoms with Crippen LogP contribution >= 0.6 is 27.5 Å². The van der Waals surface area contributed by atoms with Gasteiger partial charge in [-0.1, -0.05) is 33.6 Å². The fourth-order valence-electron chi connectivity index (χ4n) is 1.85. The van der Waals surface area contributed by atoms with Crippen molar-refractivity contribution in [1.82, 2.24) is 0 Å². The fraction of sp³-hybridized carbons (Fsp3) is 0.143. The Morgan fingerprint density at radius 3 is 2.25 bits per heavy atom. The van der Waals surface area contributed by atoms with Gasteiger partial charge in [-0.05, 0) is 55.3 Å². The Bertz CT molecular complexity index is 719. The topological polar surface area (TPSA) is 46.2 Å². The van der Waals surface area contributed by atoms with Crippen LogP contribution in [0.2, 0.25) is 5.02 Å². The molecule has 106 valence electrons. The Kier molecular flexibility index (Phi) is 4.42. The lowest BCUT2D eigenvalue weighted by Crippen LogP contribution is -2.14. The predicted octanol–water partition coefficient (Wildman–Crippen LogP) is 4.52. The van der Waals surface area contributed by atoms with Crippen LogP contribution in [0.4, 0.5) is 5.69 Å². The number of nitrogens with one attached hydrogen (secondary N) is 1. The number of hydrogen-bond donors (Lipinski definition) is 1. The second-order valence-electron chi connectivity index (χ2n) is 4.50. The van der Waals surface area contributed by atoms with E-state index >= 15 is 0 Å². The molecule has 0 bridgehead atoms. The summed E-state index contributed by atoms with van der Waals surface area (Å²) in [5.74, 6) is 0. The summed E-state index contributed by atoms with van der Waals surface area (Å²) in [4.78, 5) is 0.191. The number of sulfonamides is 1. The molecule has 2 aromatic rings. The van der Waals surface area contributed by atoms with Gasteiger partial charge in [-0.15, -0.1) is 0 Å². The Balaban J connectivity index is 2.41. The van der Waals surface area contributed by atoms with Gasteiger partial charge in [-0.3, -0.25) is 4.72 Å². The zero-order valence-corrected chi connectivity index (χ0v) is 14.1. The smallest absolute Gasteiger partial charge is 0.261 e. The second kappa shape index (κ2) is 5.76. The molecule has 0 fully saturated rings. The lowest BCUT2D eigenvalue weighted by atomic mass is 10.1. The van der Waals surface area contributed by atoms with Crippen LogP contribution in [0.5, 0.6) is 0 Å². The van der Waals surface area contributed by atoms with Crippen molar-refractivity contribution in [2.45, 2.75) is 18.7 Å². The molecule has 0 heterocycles. The molecule has 0 aliphatic carbocycles. The average Bonchev–Trinajstić information content (AvgIpc) is 2.34. The SMILES string of the molecule is Cc1cc(C)c(NS(=O)(=O)c2ccc(Br)cc2)c(Cl)c1. The number of rotatable bonds is 3. The molecule has 0 spiro atoms. The number of halogens is 2. The summed E-state index contributed by atoms with van der Waals surface area (Å²) in [6.07, 6.45) is 0. The van der Waals surface area contributed by atoms with Crippen LogP contribution in [0.1, 0.15) is 11.1 Å². The van der Waals surface area contributed by atoms with E-state index in [-0.39, 0.29) is 4.90 Å². The van der Waals surface area contributed by atoms with E-state index in [1.807, 2.05) is 19.9 Å². The molecule has 0 aliphatic rings. The molecule has 0 unspecified atom stereocenters. The first-order valence-electron chi connectivity index (χ1n) is 5.85. The minimum absolute atomic E-state index is 0.191. The molecular formula is C14H13BrClNO2S. The maximum absolute atomic E-state index is 12.3. The van der Waals surface area contributed by atoms with Gasteiger partial charge in [0.15, 0.2) is 0 Å². The molecule has 1 N–H and O–H groups in total. The highest BCUT2D eigenvalue weighted by atomic mass is 79.9. The van der Waals surface area contributed by atoms with Crippen molar-refractivity contribution < 1.29 is 8.42 Å². The van der Waals surface area contributed by atoms with Crippen molar-refractivity contribution in [2.75, 3.05) is 4.72 Å². The Labute approximate surface area is 132 Å². The lowest BCUT2D eigenvalue weighted by Gasteiger charge is -2.13. The van der Waals surface area contributed by atoms with Gasteiger partial charge in [0.25, 0.3) is 10.0 Å². The van der Waals surface area contributed by atoms with Crippen LogP contribution in [-0.2, 0) is 10.0 Å². The van der Waals surface area contributed by atoms with E-state index in [2.05, 4.69) is 20.7 Å². The van der Waals surface area contributed by atoms with Crippen molar-refractivity contribution in [3.63, 3.8) is 0 Å². The third-order valence-electron chi connectivity index (χ3n) is 2.79. The highest BCUT2D eigenvalue weighted by Gasteiger charge is 2.17. The largest absolute Gasteiger partial charge is 0.278 e. The minimum Gasteiger partial charge on any atom is -0.278 e. The van der Waals surface area contributed by atoms with Crippen LogP contribution in [0.3, 0.4) is 0 Å². The first-order chi connectivity index (χ1) is 9.29. The van der Waals surface area contributed by atoms with Crippen molar-refractivity contribution in [2.24, 2.45) is 0 Å². The molecular weight excluding hydrogens is 362 g/mol.